The number of phosphoric acid groups is 1. The predicted molar refractivity (Wildman–Crippen MR) is 162 cm³/mol. The van der Waals surface area contributed by atoms with Crippen LogP contribution in [0.2, 0.25) is 0 Å². The highest BCUT2D eigenvalue weighted by Crippen LogP contribution is 2.45. The highest BCUT2D eigenvalue weighted by molar-refractivity contribution is 7.47. The van der Waals surface area contributed by atoms with Crippen LogP contribution in [0.5, 0.6) is 23.0 Å². The predicted octanol–water partition coefficient (Wildman–Crippen LogP) is 5.31. The maximum absolute atomic E-state index is 14.9. The standard InChI is InChI=1S/C28H36FN6O9P/c1-7-8-9-12-28(2)26(36)35(16-43-45(37,38)42-6)25-19(44-28)10-11-22(33-25)32-24-18(29)15-30-27(34-24)31-17-13-20(39-3)23(41-5)21(14-17)40-4/h10-11,13-15H,7-9,12,16H2,1-6H3,(H,37,38)(H2,30,31,32,33,34). The van der Waals surface area contributed by atoms with E-state index < -0.39 is 31.9 Å². The van der Waals surface area contributed by atoms with Gasteiger partial charge in [0.05, 0.1) is 27.5 Å². The quantitative estimate of drug-likeness (QED) is 0.142. The van der Waals surface area contributed by atoms with Crippen molar-refractivity contribution < 1.29 is 46.6 Å². The second-order valence-corrected chi connectivity index (χ2v) is 11.6. The molecule has 3 aromatic rings. The average molecular weight is 651 g/mol. The van der Waals surface area contributed by atoms with Crippen LogP contribution in [-0.2, 0) is 18.4 Å². The Bertz CT molecular complexity index is 1560. The highest BCUT2D eigenvalue weighted by atomic mass is 31.2. The van der Waals surface area contributed by atoms with Crippen LogP contribution in [0.25, 0.3) is 0 Å². The monoisotopic (exact) mass is 650 g/mol. The van der Waals surface area contributed by atoms with Crippen molar-refractivity contribution in [2.24, 2.45) is 0 Å². The number of benzene rings is 1. The van der Waals surface area contributed by atoms with Gasteiger partial charge in [-0.1, -0.05) is 19.8 Å². The number of aromatic nitrogens is 3. The van der Waals surface area contributed by atoms with Crippen molar-refractivity contribution in [2.45, 2.75) is 45.1 Å². The summed E-state index contributed by atoms with van der Waals surface area (Å²) in [6, 6.07) is 6.32. The third kappa shape index (κ3) is 7.71. The van der Waals surface area contributed by atoms with E-state index in [1.165, 1.54) is 27.4 Å². The Morgan fingerprint density at radius 3 is 2.40 bits per heavy atom. The Hall–Kier alpha value is -4.24. The number of anilines is 5. The molecule has 15 nitrogen and oxygen atoms in total. The number of unbranched alkanes of at least 4 members (excludes halogenated alkanes) is 2. The summed E-state index contributed by atoms with van der Waals surface area (Å²) >= 11 is 0. The summed E-state index contributed by atoms with van der Waals surface area (Å²) in [5.74, 6) is -0.0820. The zero-order valence-electron chi connectivity index (χ0n) is 25.7. The van der Waals surface area contributed by atoms with Crippen molar-refractivity contribution in [3.8, 4) is 23.0 Å². The van der Waals surface area contributed by atoms with Crippen LogP contribution in [0.3, 0.4) is 0 Å². The van der Waals surface area contributed by atoms with Gasteiger partial charge in [-0.25, -0.2) is 18.9 Å². The zero-order valence-corrected chi connectivity index (χ0v) is 26.6. The van der Waals surface area contributed by atoms with Gasteiger partial charge in [0.15, 0.2) is 40.3 Å². The molecular formula is C28H36FN6O9P. The van der Waals surface area contributed by atoms with Crippen molar-refractivity contribution in [3.05, 3.63) is 36.3 Å². The number of halogens is 1. The van der Waals surface area contributed by atoms with E-state index in [0.717, 1.165) is 31.0 Å². The summed E-state index contributed by atoms with van der Waals surface area (Å²) in [6.45, 7) is 3.03. The molecule has 1 aromatic carbocycles. The smallest absolute Gasteiger partial charge is 0.473 e. The van der Waals surface area contributed by atoms with Crippen molar-refractivity contribution in [2.75, 3.05) is 50.7 Å². The van der Waals surface area contributed by atoms with Crippen molar-refractivity contribution >= 4 is 42.8 Å². The van der Waals surface area contributed by atoms with Gasteiger partial charge in [0.2, 0.25) is 11.7 Å². The molecule has 1 aliphatic heterocycles. The second-order valence-electron chi connectivity index (χ2n) is 10.0. The fraction of sp³-hybridized carbons (Fsp3) is 0.429. The number of nitrogens with one attached hydrogen (secondary N) is 2. The largest absolute Gasteiger partial charge is 0.493 e. The Labute approximate surface area is 259 Å². The Morgan fingerprint density at radius 2 is 1.78 bits per heavy atom. The molecule has 45 heavy (non-hydrogen) atoms. The molecule has 0 saturated carbocycles. The van der Waals surface area contributed by atoms with Gasteiger partial charge in [0.25, 0.3) is 5.91 Å². The van der Waals surface area contributed by atoms with Gasteiger partial charge in [-0.05, 0) is 31.9 Å². The van der Waals surface area contributed by atoms with Gasteiger partial charge in [-0.2, -0.15) is 4.98 Å². The molecule has 0 aliphatic carbocycles. The number of nitrogens with zero attached hydrogens (tertiary/aromatic N) is 4. The van der Waals surface area contributed by atoms with Crippen molar-refractivity contribution in [1.82, 2.24) is 15.0 Å². The number of carbonyl (C=O) groups is 1. The van der Waals surface area contributed by atoms with E-state index in [0.29, 0.717) is 35.8 Å². The van der Waals surface area contributed by atoms with Gasteiger partial charge in [-0.15, -0.1) is 0 Å². The van der Waals surface area contributed by atoms with Crippen molar-refractivity contribution in [1.29, 1.82) is 0 Å². The fourth-order valence-corrected chi connectivity index (χ4v) is 4.91. The zero-order chi connectivity index (χ0) is 32.8. The minimum atomic E-state index is -4.44. The first-order valence-electron chi connectivity index (χ1n) is 13.9. The van der Waals surface area contributed by atoms with E-state index in [9.17, 15) is 18.6 Å². The Balaban J connectivity index is 1.63. The number of methoxy groups -OCH3 is 3. The molecule has 244 valence electrons. The first kappa shape index (κ1) is 33.6. The van der Waals surface area contributed by atoms with Crippen LogP contribution in [0.4, 0.5) is 33.5 Å². The molecule has 4 rings (SSSR count). The van der Waals surface area contributed by atoms with Crippen LogP contribution in [0.15, 0.2) is 30.5 Å². The van der Waals surface area contributed by atoms with Gasteiger partial charge in [-0.3, -0.25) is 18.7 Å². The molecule has 2 aromatic heterocycles. The number of hydrogen-bond donors (Lipinski definition) is 3. The van der Waals surface area contributed by atoms with Gasteiger partial charge in [0.1, 0.15) is 12.5 Å². The van der Waals surface area contributed by atoms with Crippen LogP contribution in [-0.4, -0.2) is 66.5 Å². The summed E-state index contributed by atoms with van der Waals surface area (Å²) in [4.78, 5) is 37.2. The number of rotatable bonds is 15. The van der Waals surface area contributed by atoms with Crippen LogP contribution in [0, 0.1) is 5.82 Å². The van der Waals surface area contributed by atoms with E-state index in [2.05, 4.69) is 30.1 Å². The number of hydrogen-bond acceptors (Lipinski definition) is 13. The normalized spacial score (nSPS) is 17.2. The minimum absolute atomic E-state index is 0.0145. The SMILES string of the molecule is CCCCCC1(C)Oc2ccc(Nc3nc(Nc4cc(OC)c(OC)c(OC)c4)ncc3F)nc2N(COP(=O)(O)OC)C1=O. The van der Waals surface area contributed by atoms with E-state index in [-0.39, 0.29) is 29.2 Å². The molecule has 2 unspecified atom stereocenters. The molecular weight excluding hydrogens is 614 g/mol. The molecule has 0 bridgehead atoms. The maximum Gasteiger partial charge on any atom is 0.473 e. The lowest BCUT2D eigenvalue weighted by Crippen LogP contribution is -2.55. The third-order valence-electron chi connectivity index (χ3n) is 6.88. The van der Waals surface area contributed by atoms with Gasteiger partial charge >= 0.3 is 7.82 Å². The molecule has 0 fully saturated rings. The first-order chi connectivity index (χ1) is 21.5. The van der Waals surface area contributed by atoms with Crippen molar-refractivity contribution in [3.63, 3.8) is 0 Å². The lowest BCUT2D eigenvalue weighted by Gasteiger charge is -2.40. The van der Waals surface area contributed by atoms with Gasteiger partial charge < -0.3 is 34.5 Å². The summed E-state index contributed by atoms with van der Waals surface area (Å²) < 4.78 is 58.6. The molecule has 17 heteroatoms. The molecule has 0 saturated heterocycles. The summed E-state index contributed by atoms with van der Waals surface area (Å²) in [5.41, 5.74) is -0.805. The maximum atomic E-state index is 14.9. The number of phosphoric ester groups is 1. The molecule has 2 atom stereocenters. The van der Waals surface area contributed by atoms with Crippen LogP contribution >= 0.6 is 7.82 Å². The lowest BCUT2D eigenvalue weighted by atomic mass is 9.95. The Kier molecular flexibility index (Phi) is 10.7. The molecule has 3 N–H and O–H groups in total. The van der Waals surface area contributed by atoms with E-state index in [1.54, 1.807) is 25.1 Å². The third-order valence-corrected chi connectivity index (χ3v) is 7.78. The lowest BCUT2D eigenvalue weighted by molar-refractivity contribution is -0.135. The number of ether oxygens (including phenoxy) is 4. The van der Waals surface area contributed by atoms with Crippen LogP contribution < -0.4 is 34.5 Å². The second kappa shape index (κ2) is 14.2. The highest BCUT2D eigenvalue weighted by Gasteiger charge is 2.46. The Morgan fingerprint density at radius 1 is 1.07 bits per heavy atom. The van der Waals surface area contributed by atoms with E-state index in [4.69, 9.17) is 23.5 Å². The number of carbonyl (C=O) groups excluding carboxylic acids is 1. The number of fused-ring (bicyclic) bond motifs is 1. The van der Waals surface area contributed by atoms with E-state index >= 15 is 0 Å². The number of amides is 1. The number of pyridine rings is 1. The fourth-order valence-electron chi connectivity index (χ4n) is 4.54. The molecule has 3 heterocycles. The average Bonchev–Trinajstić information content (AvgIpc) is 3.02. The topological polar surface area (TPSA) is 176 Å². The van der Waals surface area contributed by atoms with E-state index in [1.807, 2.05) is 6.92 Å². The molecule has 0 spiro atoms. The first-order valence-corrected chi connectivity index (χ1v) is 15.4. The van der Waals surface area contributed by atoms with Crippen LogP contribution in [0.1, 0.15) is 39.5 Å². The molecule has 1 aliphatic rings. The van der Waals surface area contributed by atoms with Gasteiger partial charge in [0, 0.05) is 24.9 Å². The summed E-state index contributed by atoms with van der Waals surface area (Å²) in [6.07, 6.45) is 3.89. The molecule has 0 radical (unpaired) electrons. The minimum Gasteiger partial charge on any atom is -0.493 e. The molecule has 1 amide bonds. The summed E-state index contributed by atoms with van der Waals surface area (Å²) in [7, 11) is 0.991. The summed E-state index contributed by atoms with van der Waals surface area (Å²) in [5, 5.41) is 5.75.